The van der Waals surface area contributed by atoms with E-state index in [4.69, 9.17) is 5.73 Å². The zero-order valence-electron chi connectivity index (χ0n) is 13.5. The topological polar surface area (TPSA) is 105 Å². The molecule has 2 aliphatic rings. The van der Waals surface area contributed by atoms with Crippen molar-refractivity contribution < 1.29 is 14.4 Å². The lowest BCUT2D eigenvalue weighted by Gasteiger charge is -2.32. The zero-order chi connectivity index (χ0) is 17.1. The van der Waals surface area contributed by atoms with E-state index in [9.17, 15) is 14.4 Å². The summed E-state index contributed by atoms with van der Waals surface area (Å²) in [6.07, 6.45) is 2.43. The summed E-state index contributed by atoms with van der Waals surface area (Å²) in [6.45, 7) is 1.54. The summed E-state index contributed by atoms with van der Waals surface area (Å²) in [5.74, 6) is -0.545. The Kier molecular flexibility index (Phi) is 4.69. The lowest BCUT2D eigenvalue weighted by atomic mass is 9.96. The van der Waals surface area contributed by atoms with Crippen LogP contribution in [0.2, 0.25) is 0 Å². The molecule has 24 heavy (non-hydrogen) atoms. The highest BCUT2D eigenvalue weighted by Crippen LogP contribution is 2.25. The first-order chi connectivity index (χ1) is 11.5. The van der Waals surface area contributed by atoms with Gasteiger partial charge in [-0.15, -0.1) is 0 Å². The van der Waals surface area contributed by atoms with E-state index in [1.54, 1.807) is 0 Å². The Morgan fingerprint density at radius 2 is 1.96 bits per heavy atom. The summed E-state index contributed by atoms with van der Waals surface area (Å²) in [6, 6.07) is 7.16. The number of amides is 3. The highest BCUT2D eigenvalue weighted by molar-refractivity contribution is 5.99. The standard InChI is InChI=1S/C17H22N4O3/c18-16(23)11-6-8-21(9-7-11)13-3-1-2-12(10-13)19-17(24)14-4-5-15(22)20-14/h1-3,10-11,14H,4-9H2,(H2,18,23)(H,19,24)(H,20,22)/t14-/m0/s1. The number of rotatable bonds is 4. The van der Waals surface area contributed by atoms with Crippen LogP contribution in [0.5, 0.6) is 0 Å². The van der Waals surface area contributed by atoms with Crippen LogP contribution < -0.4 is 21.3 Å². The van der Waals surface area contributed by atoms with Crippen molar-refractivity contribution in [2.24, 2.45) is 11.7 Å². The van der Waals surface area contributed by atoms with Crippen molar-refractivity contribution in [3.8, 4) is 0 Å². The maximum Gasteiger partial charge on any atom is 0.246 e. The minimum Gasteiger partial charge on any atom is -0.371 e. The van der Waals surface area contributed by atoms with Crippen LogP contribution in [-0.4, -0.2) is 36.9 Å². The fraction of sp³-hybridized carbons (Fsp3) is 0.471. The van der Waals surface area contributed by atoms with Crippen LogP contribution >= 0.6 is 0 Å². The highest BCUT2D eigenvalue weighted by atomic mass is 16.2. The van der Waals surface area contributed by atoms with Crippen LogP contribution in [0, 0.1) is 5.92 Å². The van der Waals surface area contributed by atoms with Crippen LogP contribution in [0.3, 0.4) is 0 Å². The third-order valence-electron chi connectivity index (χ3n) is 4.69. The molecule has 0 unspecified atom stereocenters. The predicted octanol–water partition coefficient (Wildman–Crippen LogP) is 0.605. The van der Waals surface area contributed by atoms with E-state index < -0.39 is 6.04 Å². The number of nitrogens with one attached hydrogen (secondary N) is 2. The second-order valence-corrected chi connectivity index (χ2v) is 6.36. The van der Waals surface area contributed by atoms with Gasteiger partial charge in [0.1, 0.15) is 6.04 Å². The van der Waals surface area contributed by atoms with E-state index >= 15 is 0 Å². The number of anilines is 2. The third kappa shape index (κ3) is 3.67. The van der Waals surface area contributed by atoms with Gasteiger partial charge < -0.3 is 21.3 Å². The van der Waals surface area contributed by atoms with Crippen molar-refractivity contribution in [2.45, 2.75) is 31.7 Å². The average molecular weight is 330 g/mol. The van der Waals surface area contributed by atoms with Crippen LogP contribution in [0.1, 0.15) is 25.7 Å². The van der Waals surface area contributed by atoms with Gasteiger partial charge in [-0.1, -0.05) is 6.07 Å². The molecular weight excluding hydrogens is 308 g/mol. The molecule has 0 aliphatic carbocycles. The molecule has 3 rings (SSSR count). The molecule has 2 aliphatic heterocycles. The van der Waals surface area contributed by atoms with E-state index in [1.807, 2.05) is 24.3 Å². The molecule has 2 fully saturated rings. The van der Waals surface area contributed by atoms with E-state index in [0.29, 0.717) is 18.5 Å². The minimum absolute atomic E-state index is 0.0462. The maximum atomic E-state index is 12.2. The van der Waals surface area contributed by atoms with Gasteiger partial charge in [0.05, 0.1) is 0 Å². The van der Waals surface area contributed by atoms with Gasteiger partial charge in [-0.3, -0.25) is 14.4 Å². The van der Waals surface area contributed by atoms with Crippen LogP contribution in [0.4, 0.5) is 11.4 Å². The summed E-state index contributed by atoms with van der Waals surface area (Å²) in [7, 11) is 0. The molecule has 0 radical (unpaired) electrons. The molecule has 3 amide bonds. The number of piperidine rings is 1. The number of nitrogens with zero attached hydrogens (tertiary/aromatic N) is 1. The molecule has 4 N–H and O–H groups in total. The molecular formula is C17H22N4O3. The first-order valence-corrected chi connectivity index (χ1v) is 8.27. The van der Waals surface area contributed by atoms with Crippen molar-refractivity contribution >= 4 is 29.1 Å². The van der Waals surface area contributed by atoms with Gasteiger partial charge in [0.2, 0.25) is 17.7 Å². The zero-order valence-corrected chi connectivity index (χ0v) is 13.5. The molecule has 0 aromatic heterocycles. The summed E-state index contributed by atoms with van der Waals surface area (Å²) < 4.78 is 0. The maximum absolute atomic E-state index is 12.2. The normalized spacial score (nSPS) is 21.4. The molecule has 0 bridgehead atoms. The number of primary amides is 1. The van der Waals surface area contributed by atoms with E-state index in [1.165, 1.54) is 0 Å². The molecule has 2 saturated heterocycles. The molecule has 128 valence electrons. The number of nitrogens with two attached hydrogens (primary N) is 1. The predicted molar refractivity (Wildman–Crippen MR) is 90.4 cm³/mol. The summed E-state index contributed by atoms with van der Waals surface area (Å²) in [5.41, 5.74) is 7.07. The first-order valence-electron chi connectivity index (χ1n) is 8.27. The average Bonchev–Trinajstić information content (AvgIpc) is 3.02. The van der Waals surface area contributed by atoms with Crippen molar-refractivity contribution in [3.05, 3.63) is 24.3 Å². The summed E-state index contributed by atoms with van der Waals surface area (Å²) in [5, 5.41) is 5.52. The van der Waals surface area contributed by atoms with E-state index in [0.717, 1.165) is 31.6 Å². The smallest absolute Gasteiger partial charge is 0.246 e. The second-order valence-electron chi connectivity index (χ2n) is 6.36. The Bertz CT molecular complexity index is 653. The van der Waals surface area contributed by atoms with Gasteiger partial charge in [-0.2, -0.15) is 0 Å². The Balaban J connectivity index is 1.61. The molecule has 1 aromatic rings. The lowest BCUT2D eigenvalue weighted by Crippen LogP contribution is -2.38. The fourth-order valence-corrected chi connectivity index (χ4v) is 3.24. The minimum atomic E-state index is -0.451. The Morgan fingerprint density at radius 1 is 1.21 bits per heavy atom. The fourth-order valence-electron chi connectivity index (χ4n) is 3.24. The lowest BCUT2D eigenvalue weighted by molar-refractivity contribution is -0.122. The first kappa shape index (κ1) is 16.3. The van der Waals surface area contributed by atoms with Gasteiger partial charge in [0.25, 0.3) is 0 Å². The third-order valence-corrected chi connectivity index (χ3v) is 4.69. The Hall–Kier alpha value is -2.57. The van der Waals surface area contributed by atoms with Gasteiger partial charge in [0.15, 0.2) is 0 Å². The van der Waals surface area contributed by atoms with Crippen molar-refractivity contribution in [1.29, 1.82) is 0 Å². The summed E-state index contributed by atoms with van der Waals surface area (Å²) in [4.78, 5) is 36.8. The molecule has 2 heterocycles. The molecule has 0 saturated carbocycles. The number of carbonyl (C=O) groups is 3. The van der Waals surface area contributed by atoms with Crippen LogP contribution in [0.25, 0.3) is 0 Å². The molecule has 1 atom stereocenters. The van der Waals surface area contributed by atoms with Crippen LogP contribution in [0.15, 0.2) is 24.3 Å². The van der Waals surface area contributed by atoms with Crippen molar-refractivity contribution in [1.82, 2.24) is 5.32 Å². The highest BCUT2D eigenvalue weighted by Gasteiger charge is 2.27. The SMILES string of the molecule is NC(=O)C1CCN(c2cccc(NC(=O)[C@@H]3CCC(=O)N3)c2)CC1. The molecule has 0 spiro atoms. The van der Waals surface area contributed by atoms with Gasteiger partial charge in [-0.05, 0) is 37.5 Å². The number of hydrogen-bond donors (Lipinski definition) is 3. The van der Waals surface area contributed by atoms with E-state index in [2.05, 4.69) is 15.5 Å². The monoisotopic (exact) mass is 330 g/mol. The Labute approximate surface area is 140 Å². The molecule has 1 aromatic carbocycles. The molecule has 7 nitrogen and oxygen atoms in total. The number of benzene rings is 1. The van der Waals surface area contributed by atoms with Gasteiger partial charge in [-0.25, -0.2) is 0 Å². The second kappa shape index (κ2) is 6.90. The largest absolute Gasteiger partial charge is 0.371 e. The Morgan fingerprint density at radius 3 is 2.58 bits per heavy atom. The van der Waals surface area contributed by atoms with Gasteiger partial charge in [0, 0.05) is 36.8 Å². The molecule has 7 heteroatoms. The van der Waals surface area contributed by atoms with Gasteiger partial charge >= 0.3 is 0 Å². The van der Waals surface area contributed by atoms with Crippen LogP contribution in [-0.2, 0) is 14.4 Å². The number of carbonyl (C=O) groups excluding carboxylic acids is 3. The summed E-state index contributed by atoms with van der Waals surface area (Å²) >= 11 is 0. The quantitative estimate of drug-likeness (QED) is 0.752. The van der Waals surface area contributed by atoms with Crippen molar-refractivity contribution in [3.63, 3.8) is 0 Å². The van der Waals surface area contributed by atoms with Crippen molar-refractivity contribution in [2.75, 3.05) is 23.3 Å². The number of hydrogen-bond acceptors (Lipinski definition) is 4. The van der Waals surface area contributed by atoms with E-state index in [-0.39, 0.29) is 23.6 Å².